The summed E-state index contributed by atoms with van der Waals surface area (Å²) in [6.07, 6.45) is 0. The van der Waals surface area contributed by atoms with Crippen molar-refractivity contribution >= 4 is 13.4 Å². The second-order valence-corrected chi connectivity index (χ2v) is 7.49. The molecule has 0 fully saturated rings. The van der Waals surface area contributed by atoms with Crippen LogP contribution in [-0.4, -0.2) is 0 Å². The smallest absolute Gasteiger partial charge is 0.459 e. The molecule has 0 aromatic heterocycles. The Morgan fingerprint density at radius 3 is 1.92 bits per heavy atom. The lowest BCUT2D eigenvalue weighted by atomic mass is 10.1. The highest BCUT2D eigenvalue weighted by Crippen LogP contribution is 2.52. The van der Waals surface area contributed by atoms with E-state index < -0.39 is 7.60 Å². The van der Waals surface area contributed by atoms with Gasteiger partial charge >= 0.3 is 7.60 Å². The Morgan fingerprint density at radius 2 is 1.31 bits per heavy atom. The Hall–Kier alpha value is -2.97. The minimum atomic E-state index is -3.65. The molecule has 1 aliphatic rings. The zero-order valence-electron chi connectivity index (χ0n) is 13.9. The summed E-state index contributed by atoms with van der Waals surface area (Å²) in [5, 5.41) is 0. The van der Waals surface area contributed by atoms with E-state index in [9.17, 15) is 4.57 Å². The molecule has 0 saturated carbocycles. The van der Waals surface area contributed by atoms with E-state index in [0.717, 1.165) is 11.1 Å². The third kappa shape index (κ3) is 3.66. The number of rotatable bonds is 5. The largest absolute Gasteiger partial charge is 0.488 e. The van der Waals surface area contributed by atoms with Crippen molar-refractivity contribution in [2.24, 2.45) is 0 Å². The van der Waals surface area contributed by atoms with Crippen molar-refractivity contribution in [3.8, 4) is 11.5 Å². The van der Waals surface area contributed by atoms with E-state index >= 15 is 0 Å². The van der Waals surface area contributed by atoms with Crippen LogP contribution in [0.1, 0.15) is 11.1 Å². The molecule has 0 atom stereocenters. The van der Waals surface area contributed by atoms with Crippen LogP contribution >= 0.6 is 7.60 Å². The molecule has 1 heterocycles. The first-order valence-electron chi connectivity index (χ1n) is 8.25. The monoisotopic (exact) mass is 364 g/mol. The van der Waals surface area contributed by atoms with Gasteiger partial charge in [0.1, 0.15) is 23.9 Å². The van der Waals surface area contributed by atoms with Crippen LogP contribution < -0.4 is 9.05 Å². The van der Waals surface area contributed by atoms with Gasteiger partial charge in [0.05, 0.1) is 5.82 Å². The zero-order valence-corrected chi connectivity index (χ0v) is 14.8. The Kier molecular flexibility index (Phi) is 4.51. The number of hydrogen-bond acceptors (Lipinski definition) is 4. The predicted molar refractivity (Wildman–Crippen MR) is 101 cm³/mol. The maximum atomic E-state index is 13.5. The maximum Gasteiger partial charge on any atom is 0.459 e. The van der Waals surface area contributed by atoms with Crippen LogP contribution in [0.3, 0.4) is 0 Å². The first-order valence-corrected chi connectivity index (χ1v) is 9.86. The molecule has 4 rings (SSSR count). The highest BCUT2D eigenvalue weighted by molar-refractivity contribution is 7.58. The predicted octanol–water partition coefficient (Wildman–Crippen LogP) is 5.87. The second kappa shape index (κ2) is 7.11. The van der Waals surface area contributed by atoms with Crippen LogP contribution in [0.15, 0.2) is 90.7 Å². The molecule has 130 valence electrons. The lowest BCUT2D eigenvalue weighted by Gasteiger charge is -2.17. The average Bonchev–Trinajstić information content (AvgIpc) is 3.06. The number of benzene rings is 3. The van der Waals surface area contributed by atoms with Crippen LogP contribution in [0.2, 0.25) is 0 Å². The quantitative estimate of drug-likeness (QED) is 0.532. The minimum Gasteiger partial charge on any atom is -0.488 e. The van der Waals surface area contributed by atoms with Crippen LogP contribution in [0.5, 0.6) is 11.5 Å². The van der Waals surface area contributed by atoms with Crippen molar-refractivity contribution in [3.05, 3.63) is 102 Å². The van der Waals surface area contributed by atoms with Gasteiger partial charge in [-0.2, -0.15) is 0 Å². The molecule has 0 spiro atoms. The number of para-hydroxylation sites is 2. The molecular formula is C21H17O4P. The van der Waals surface area contributed by atoms with Gasteiger partial charge in [-0.25, -0.2) is 4.57 Å². The summed E-state index contributed by atoms with van der Waals surface area (Å²) < 4.78 is 30.8. The molecular weight excluding hydrogens is 347 g/mol. The van der Waals surface area contributed by atoms with Crippen LogP contribution in [0.4, 0.5) is 0 Å². The van der Waals surface area contributed by atoms with Gasteiger partial charge in [0, 0.05) is 11.1 Å². The van der Waals surface area contributed by atoms with Crippen molar-refractivity contribution in [2.75, 3.05) is 0 Å². The molecule has 3 aromatic carbocycles. The van der Waals surface area contributed by atoms with Gasteiger partial charge in [-0.15, -0.1) is 0 Å². The van der Waals surface area contributed by atoms with Crippen LogP contribution in [-0.2, 0) is 15.9 Å². The van der Waals surface area contributed by atoms with E-state index in [-0.39, 0.29) is 0 Å². The van der Waals surface area contributed by atoms with Gasteiger partial charge < -0.3 is 13.8 Å². The molecule has 5 heteroatoms. The second-order valence-electron chi connectivity index (χ2n) is 5.79. The third-order valence-electron chi connectivity index (χ3n) is 3.89. The highest BCUT2D eigenvalue weighted by atomic mass is 31.2. The first kappa shape index (κ1) is 16.5. The maximum absolute atomic E-state index is 13.5. The molecule has 1 aliphatic heterocycles. The summed E-state index contributed by atoms with van der Waals surface area (Å²) in [5.41, 5.74) is 1.95. The number of fused-ring (bicyclic) bond motifs is 1. The Bertz CT molecular complexity index is 922. The Balaban J connectivity index is 1.71. The third-order valence-corrected chi connectivity index (χ3v) is 5.37. The Morgan fingerprint density at radius 1 is 0.769 bits per heavy atom. The van der Waals surface area contributed by atoms with Crippen molar-refractivity contribution in [1.29, 1.82) is 0 Å². The standard InChI is InChI=1S/C21H17O4P/c22-26(24-18-10-3-1-4-11-18,25-19-12-5-2-6-13-19)16-21-20-14-8-7-9-17(20)15-23-21/h1-14,16H,15H2/b21-16-. The van der Waals surface area contributed by atoms with Crippen molar-refractivity contribution in [3.63, 3.8) is 0 Å². The summed E-state index contributed by atoms with van der Waals surface area (Å²) in [6.45, 7) is 0.443. The van der Waals surface area contributed by atoms with E-state index in [2.05, 4.69) is 0 Å². The van der Waals surface area contributed by atoms with Gasteiger partial charge in [0.25, 0.3) is 0 Å². The number of ether oxygens (including phenoxy) is 1. The fraction of sp³-hybridized carbons (Fsp3) is 0.0476. The van der Waals surface area contributed by atoms with Crippen LogP contribution in [0, 0.1) is 0 Å². The normalized spacial score (nSPS) is 14.5. The average molecular weight is 364 g/mol. The lowest BCUT2D eigenvalue weighted by molar-refractivity contribution is 0.285. The summed E-state index contributed by atoms with van der Waals surface area (Å²) >= 11 is 0. The van der Waals surface area contributed by atoms with Crippen molar-refractivity contribution in [2.45, 2.75) is 6.61 Å². The molecule has 3 aromatic rings. The molecule has 0 bridgehead atoms. The molecule has 0 saturated heterocycles. The molecule has 0 radical (unpaired) electrons. The van der Waals surface area contributed by atoms with Crippen LogP contribution in [0.25, 0.3) is 5.76 Å². The Labute approximate surface area is 152 Å². The molecule has 4 nitrogen and oxygen atoms in total. The first-order chi connectivity index (χ1) is 12.7. The molecule has 0 amide bonds. The van der Waals surface area contributed by atoms with E-state index in [1.165, 1.54) is 5.82 Å². The minimum absolute atomic E-state index is 0.443. The zero-order chi connectivity index (χ0) is 17.8. The van der Waals surface area contributed by atoms with E-state index in [1.807, 2.05) is 60.7 Å². The lowest BCUT2D eigenvalue weighted by Crippen LogP contribution is -1.99. The van der Waals surface area contributed by atoms with Crippen molar-refractivity contribution in [1.82, 2.24) is 0 Å². The van der Waals surface area contributed by atoms with Crippen molar-refractivity contribution < 1.29 is 18.3 Å². The van der Waals surface area contributed by atoms with E-state index in [1.54, 1.807) is 24.3 Å². The van der Waals surface area contributed by atoms with E-state index in [4.69, 9.17) is 13.8 Å². The molecule has 0 unspecified atom stereocenters. The van der Waals surface area contributed by atoms with Gasteiger partial charge in [0.2, 0.25) is 0 Å². The SMILES string of the molecule is O=P(/C=C1\OCc2ccccc21)(Oc1ccccc1)Oc1ccccc1. The van der Waals surface area contributed by atoms with E-state index in [0.29, 0.717) is 23.9 Å². The summed E-state index contributed by atoms with van der Waals surface area (Å²) in [7, 11) is -3.65. The molecule has 26 heavy (non-hydrogen) atoms. The van der Waals surface area contributed by atoms with Gasteiger partial charge in [-0.1, -0.05) is 60.7 Å². The number of hydrogen-bond donors (Lipinski definition) is 0. The molecule has 0 aliphatic carbocycles. The van der Waals surface area contributed by atoms with Gasteiger partial charge in [-0.05, 0) is 24.3 Å². The topological polar surface area (TPSA) is 44.8 Å². The molecule has 0 N–H and O–H groups in total. The fourth-order valence-electron chi connectivity index (χ4n) is 2.70. The fourth-order valence-corrected chi connectivity index (χ4v) is 4.17. The van der Waals surface area contributed by atoms with Gasteiger partial charge in [0.15, 0.2) is 0 Å². The van der Waals surface area contributed by atoms with Gasteiger partial charge in [-0.3, -0.25) is 0 Å². The highest BCUT2D eigenvalue weighted by Gasteiger charge is 2.30. The summed E-state index contributed by atoms with van der Waals surface area (Å²) in [5.74, 6) is 2.90. The summed E-state index contributed by atoms with van der Waals surface area (Å²) in [4.78, 5) is 0. The summed E-state index contributed by atoms with van der Waals surface area (Å²) in [6, 6.07) is 25.7.